The van der Waals surface area contributed by atoms with E-state index in [1.165, 1.54) is 18.2 Å². The fourth-order valence-electron chi connectivity index (χ4n) is 7.36. The zero-order chi connectivity index (χ0) is 37.2. The summed E-state index contributed by atoms with van der Waals surface area (Å²) in [4.78, 5) is 61.4. The molecule has 2 aromatic rings. The lowest BCUT2D eigenvalue weighted by Gasteiger charge is -2.36. The third-order valence-corrected chi connectivity index (χ3v) is 13.0. The highest BCUT2D eigenvalue weighted by atomic mass is 35.5. The number of benzene rings is 1. The number of carbonyl (C=O) groups excluding carboxylic acids is 4. The van der Waals surface area contributed by atoms with Gasteiger partial charge >= 0.3 is 6.09 Å². The Hall–Kier alpha value is -3.85. The van der Waals surface area contributed by atoms with Crippen molar-refractivity contribution in [2.75, 3.05) is 13.7 Å². The van der Waals surface area contributed by atoms with E-state index < -0.39 is 68.2 Å². The lowest BCUT2D eigenvalue weighted by Crippen LogP contribution is -2.60. The molecule has 14 nitrogen and oxygen atoms in total. The van der Waals surface area contributed by atoms with E-state index in [-0.39, 0.29) is 36.8 Å². The van der Waals surface area contributed by atoms with Crippen molar-refractivity contribution in [2.45, 2.75) is 114 Å². The van der Waals surface area contributed by atoms with Crippen LogP contribution in [0.15, 0.2) is 24.4 Å². The van der Waals surface area contributed by atoms with Crippen LogP contribution in [-0.4, -0.2) is 90.9 Å². The molecule has 0 radical (unpaired) electrons. The van der Waals surface area contributed by atoms with Crippen LogP contribution in [0.1, 0.15) is 78.6 Å². The van der Waals surface area contributed by atoms with Gasteiger partial charge in [0.05, 0.1) is 25.1 Å². The molecule has 1 aromatic carbocycles. The monoisotopic (exact) mass is 759 g/mol. The van der Waals surface area contributed by atoms with Gasteiger partial charge in [-0.2, -0.15) is 0 Å². The Morgan fingerprint density at radius 1 is 1.04 bits per heavy atom. The van der Waals surface area contributed by atoms with Gasteiger partial charge in [0, 0.05) is 22.2 Å². The number of halogens is 1. The summed E-state index contributed by atoms with van der Waals surface area (Å²) in [5, 5.41) is 6.78. The van der Waals surface area contributed by atoms with Crippen LogP contribution in [0.3, 0.4) is 0 Å². The number of likely N-dealkylation sites (tertiary alicyclic amines) is 1. The second-order valence-corrected chi connectivity index (χ2v) is 18.4. The Bertz CT molecular complexity index is 1890. The molecule has 3 N–H and O–H groups in total. The number of nitrogens with one attached hydrogen (secondary N) is 3. The zero-order valence-electron chi connectivity index (χ0n) is 29.8. The number of amides is 4. The quantitative estimate of drug-likeness (QED) is 0.288. The van der Waals surface area contributed by atoms with Gasteiger partial charge in [-0.05, 0) is 86.8 Å². The fourth-order valence-corrected chi connectivity index (χ4v) is 8.90. The van der Waals surface area contributed by atoms with Gasteiger partial charge < -0.3 is 29.7 Å². The number of hydrogen-bond donors (Lipinski definition) is 3. The number of alkyl carbamates (subject to hydrolysis) is 1. The van der Waals surface area contributed by atoms with Crippen molar-refractivity contribution in [3.05, 3.63) is 29.4 Å². The van der Waals surface area contributed by atoms with E-state index in [0.29, 0.717) is 40.8 Å². The first-order chi connectivity index (χ1) is 24.6. The highest BCUT2D eigenvalue weighted by Crippen LogP contribution is 2.57. The number of rotatable bonds is 12. The van der Waals surface area contributed by atoms with E-state index in [2.05, 4.69) is 20.3 Å². The van der Waals surface area contributed by atoms with Crippen LogP contribution >= 0.6 is 11.6 Å². The second-order valence-electron chi connectivity index (χ2n) is 16.0. The van der Waals surface area contributed by atoms with Crippen molar-refractivity contribution in [2.24, 2.45) is 17.3 Å². The Kier molecular flexibility index (Phi) is 9.50. The third-order valence-electron chi connectivity index (χ3n) is 11.0. The minimum atomic E-state index is -3.87. The van der Waals surface area contributed by atoms with Gasteiger partial charge in [-0.25, -0.2) is 18.2 Å². The normalized spacial score (nSPS) is 26.6. The van der Waals surface area contributed by atoms with E-state index in [0.717, 1.165) is 32.1 Å². The molecule has 4 amide bonds. The Morgan fingerprint density at radius 3 is 2.38 bits per heavy atom. The molecule has 0 unspecified atom stereocenters. The molecule has 5 fully saturated rings. The van der Waals surface area contributed by atoms with Gasteiger partial charge in [0.15, 0.2) is 0 Å². The number of ether oxygens (including phenoxy) is 3. The second kappa shape index (κ2) is 13.5. The average molecular weight is 760 g/mol. The van der Waals surface area contributed by atoms with E-state index in [4.69, 9.17) is 25.8 Å². The van der Waals surface area contributed by atoms with Crippen LogP contribution < -0.4 is 24.8 Å². The molecule has 52 heavy (non-hydrogen) atoms. The molecule has 4 saturated carbocycles. The number of methoxy groups -OCH3 is 1. The van der Waals surface area contributed by atoms with E-state index in [1.807, 2.05) is 0 Å². The first-order valence-corrected chi connectivity index (χ1v) is 20.0. The summed E-state index contributed by atoms with van der Waals surface area (Å²) in [6.07, 6.45) is 5.41. The smallest absolute Gasteiger partial charge is 0.408 e. The van der Waals surface area contributed by atoms with Gasteiger partial charge in [-0.15, -0.1) is 0 Å². The van der Waals surface area contributed by atoms with Gasteiger partial charge in [-0.3, -0.25) is 19.1 Å². The lowest BCUT2D eigenvalue weighted by atomic mass is 9.85. The molecular weight excluding hydrogens is 714 g/mol. The molecule has 4 aliphatic carbocycles. The van der Waals surface area contributed by atoms with Crippen LogP contribution in [0.4, 0.5) is 4.79 Å². The molecule has 282 valence electrons. The molecule has 0 bridgehead atoms. The van der Waals surface area contributed by atoms with Crippen molar-refractivity contribution < 1.29 is 41.8 Å². The van der Waals surface area contributed by atoms with E-state index in [9.17, 15) is 27.6 Å². The van der Waals surface area contributed by atoms with Gasteiger partial charge in [-0.1, -0.05) is 32.4 Å². The SMILES string of the molecule is COc1cnc(O[C@@H]2C[C@@H](C(=O)N[C@]3(C(=O)NS(=O)(=O)C4CC4)C[C@H]3C3CC3)N(C(=O)[C@@H](NC(=O)OC3CCC3)C(C)(C)C)C2)c2cc(Cl)ccc12. The number of aromatic nitrogens is 1. The molecule has 7 rings (SSSR count). The predicted molar refractivity (Wildman–Crippen MR) is 190 cm³/mol. The van der Waals surface area contributed by atoms with Crippen LogP contribution in [0.2, 0.25) is 5.02 Å². The van der Waals surface area contributed by atoms with Crippen molar-refractivity contribution in [3.63, 3.8) is 0 Å². The minimum absolute atomic E-state index is 0.0306. The summed E-state index contributed by atoms with van der Waals surface area (Å²) in [6, 6.07) is 3.00. The Labute approximate surface area is 308 Å². The topological polar surface area (TPSA) is 182 Å². The number of pyridine rings is 1. The first kappa shape index (κ1) is 36.5. The number of fused-ring (bicyclic) bond motifs is 1. The highest BCUT2D eigenvalue weighted by molar-refractivity contribution is 7.91. The lowest BCUT2D eigenvalue weighted by molar-refractivity contribution is -0.143. The van der Waals surface area contributed by atoms with Gasteiger partial charge in [0.1, 0.15) is 35.6 Å². The number of nitrogens with zero attached hydrogens (tertiary/aromatic N) is 2. The van der Waals surface area contributed by atoms with E-state index in [1.54, 1.807) is 39.0 Å². The summed E-state index contributed by atoms with van der Waals surface area (Å²) in [6.45, 7) is 5.37. The maximum absolute atomic E-state index is 14.5. The Balaban J connectivity index is 1.17. The molecule has 5 atom stereocenters. The molecule has 1 aromatic heterocycles. The molecule has 1 aliphatic heterocycles. The zero-order valence-corrected chi connectivity index (χ0v) is 31.3. The maximum Gasteiger partial charge on any atom is 0.408 e. The summed E-state index contributed by atoms with van der Waals surface area (Å²) in [5.74, 6) is -1.16. The number of hydrogen-bond acceptors (Lipinski definition) is 10. The predicted octanol–water partition coefficient (Wildman–Crippen LogP) is 3.83. The van der Waals surface area contributed by atoms with Crippen LogP contribution in [-0.2, 0) is 29.1 Å². The van der Waals surface area contributed by atoms with Crippen molar-refractivity contribution in [1.82, 2.24) is 25.2 Å². The van der Waals surface area contributed by atoms with Crippen molar-refractivity contribution >= 4 is 56.2 Å². The standard InChI is InChI=1S/C36H46ClN5O9S/c1-35(2,3)29(39-34(46)51-21-6-5-7-21)32(44)42-18-22(50-31-25-14-20(37)10-13-24(25)28(49-4)17-38-31)15-27(42)30(43)40-36(16-26(36)19-8-9-19)33(45)41-52(47,48)23-11-12-23/h10,13-14,17,19,21-23,26-27,29H,5-9,11-12,15-16,18H2,1-4H3,(H,39,46)(H,40,43)(H,41,45)/t22-,26+,27+,29-,36-/m1/s1. The van der Waals surface area contributed by atoms with Gasteiger partial charge in [0.2, 0.25) is 27.7 Å². The van der Waals surface area contributed by atoms with Crippen molar-refractivity contribution in [3.8, 4) is 11.6 Å². The van der Waals surface area contributed by atoms with Crippen molar-refractivity contribution in [1.29, 1.82) is 0 Å². The largest absolute Gasteiger partial charge is 0.494 e. The van der Waals surface area contributed by atoms with Crippen LogP contribution in [0.25, 0.3) is 10.8 Å². The third kappa shape index (κ3) is 7.35. The fraction of sp³-hybridized carbons (Fsp3) is 0.639. The Morgan fingerprint density at radius 2 is 1.77 bits per heavy atom. The number of sulfonamides is 1. The average Bonchev–Trinajstić information content (AvgIpc) is 3.93. The molecule has 5 aliphatic rings. The maximum atomic E-state index is 14.5. The first-order valence-electron chi connectivity index (χ1n) is 18.0. The minimum Gasteiger partial charge on any atom is -0.494 e. The van der Waals surface area contributed by atoms with Crippen LogP contribution in [0.5, 0.6) is 11.6 Å². The van der Waals surface area contributed by atoms with E-state index >= 15 is 0 Å². The number of carbonyl (C=O) groups is 4. The molecule has 1 saturated heterocycles. The summed E-state index contributed by atoms with van der Waals surface area (Å²) in [5.41, 5.74) is -2.20. The molecule has 2 heterocycles. The molecule has 0 spiro atoms. The van der Waals surface area contributed by atoms with Crippen LogP contribution in [0, 0.1) is 17.3 Å². The highest BCUT2D eigenvalue weighted by Gasteiger charge is 2.67. The molecule has 16 heteroatoms. The molecular formula is C36H46ClN5O9S. The summed E-state index contributed by atoms with van der Waals surface area (Å²) < 4.78 is 45.2. The van der Waals surface area contributed by atoms with Gasteiger partial charge in [0.25, 0.3) is 5.91 Å². The summed E-state index contributed by atoms with van der Waals surface area (Å²) in [7, 11) is -2.34. The summed E-state index contributed by atoms with van der Waals surface area (Å²) >= 11 is 6.34.